The number of rotatable bonds is 3. The number of urea groups is 1. The fourth-order valence-corrected chi connectivity index (χ4v) is 1.39. The number of amides is 2. The van der Waals surface area contributed by atoms with Crippen LogP contribution in [0, 0.1) is 5.21 Å². The number of nitrogens with one attached hydrogen (secondary N) is 2. The zero-order chi connectivity index (χ0) is 18.1. The van der Waals surface area contributed by atoms with Gasteiger partial charge < -0.3 is 21.1 Å². The van der Waals surface area contributed by atoms with E-state index < -0.39 is 34.8 Å². The molecule has 1 aromatic carbocycles. The first-order chi connectivity index (χ1) is 10.3. The molecule has 0 aromatic heterocycles. The number of hydrogen-bond acceptors (Lipinski definition) is 4. The van der Waals surface area contributed by atoms with Gasteiger partial charge in [-0.25, -0.2) is 4.79 Å². The predicted molar refractivity (Wildman–Crippen MR) is 66.7 cm³/mol. The molecule has 3 N–H and O–H groups in total. The Kier molecular flexibility index (Phi) is 5.01. The Morgan fingerprint density at radius 3 is 2.13 bits per heavy atom. The van der Waals surface area contributed by atoms with Crippen LogP contribution >= 0.6 is 0 Å². The summed E-state index contributed by atoms with van der Waals surface area (Å²) in [5.41, 5.74) is -5.16. The Hall–Kier alpha value is -2.21. The molecule has 6 nitrogen and oxygen atoms in total. The second kappa shape index (κ2) is 6.12. The first-order valence-corrected chi connectivity index (χ1v) is 5.77. The number of alkyl halides is 6. The van der Waals surface area contributed by atoms with Gasteiger partial charge in [-0.2, -0.15) is 26.3 Å². The molecule has 23 heavy (non-hydrogen) atoms. The van der Waals surface area contributed by atoms with E-state index in [1.165, 1.54) is 0 Å². The molecule has 0 bridgehead atoms. The van der Waals surface area contributed by atoms with Crippen LogP contribution in [0.1, 0.15) is 6.92 Å². The third kappa shape index (κ3) is 4.16. The van der Waals surface area contributed by atoms with Crippen LogP contribution in [0.5, 0.6) is 0 Å². The number of halogens is 6. The maximum absolute atomic E-state index is 12.6. The highest BCUT2D eigenvalue weighted by Gasteiger charge is 2.68. The van der Waals surface area contributed by atoms with Gasteiger partial charge in [0, 0.05) is 5.69 Å². The molecule has 0 saturated carbocycles. The van der Waals surface area contributed by atoms with Crippen molar-refractivity contribution in [3.8, 4) is 0 Å². The molecule has 1 aromatic rings. The van der Waals surface area contributed by atoms with E-state index in [0.29, 0.717) is 0 Å². The molecule has 12 heteroatoms. The molecule has 0 spiro atoms. The van der Waals surface area contributed by atoms with Gasteiger partial charge in [0.05, 0.1) is 5.69 Å². The number of nitrogens with zero attached hydrogens (tertiary/aromatic N) is 1. The zero-order valence-corrected chi connectivity index (χ0v) is 11.3. The average molecular weight is 346 g/mol. The van der Waals surface area contributed by atoms with Crippen LogP contribution < -0.4 is 15.9 Å². The summed E-state index contributed by atoms with van der Waals surface area (Å²) in [5, 5.41) is 21.2. The highest BCUT2D eigenvalue weighted by atomic mass is 19.4. The van der Waals surface area contributed by atoms with E-state index >= 15 is 0 Å². The van der Waals surface area contributed by atoms with Gasteiger partial charge in [0.1, 0.15) is 0 Å². The lowest BCUT2D eigenvalue weighted by Gasteiger charge is -2.34. The minimum atomic E-state index is -5.79. The van der Waals surface area contributed by atoms with E-state index in [4.69, 9.17) is 5.21 Å². The van der Waals surface area contributed by atoms with Crippen molar-refractivity contribution in [1.29, 1.82) is 0 Å². The topological polar surface area (TPSA) is 87.7 Å². The summed E-state index contributed by atoms with van der Waals surface area (Å²) in [6.45, 7) is -0.226. The minimum absolute atomic E-state index is 0.226. The minimum Gasteiger partial charge on any atom is -0.733 e. The Balaban J connectivity index is 2.96. The fraction of sp³-hybridized carbons (Fsp3) is 0.364. The standard InChI is InChI=1S/C11H10F6N3O3/c1-9(10(12,13)14,11(15,16)17)19-8(21)18-6-3-2-4-7(5-6)20(22)23/h2-5,22H,1H3,(H2,18,19,21)/q-1. The summed E-state index contributed by atoms with van der Waals surface area (Å²) < 4.78 is 75.8. The molecule has 0 radical (unpaired) electrons. The van der Waals surface area contributed by atoms with Crippen LogP contribution in [0.15, 0.2) is 24.3 Å². The van der Waals surface area contributed by atoms with Crippen LogP contribution in [0.3, 0.4) is 0 Å². The predicted octanol–water partition coefficient (Wildman–Crippen LogP) is 3.38. The summed E-state index contributed by atoms with van der Waals surface area (Å²) in [4.78, 5) is 11.4. The van der Waals surface area contributed by atoms with Gasteiger partial charge in [0.15, 0.2) is 0 Å². The summed E-state index contributed by atoms with van der Waals surface area (Å²) in [7, 11) is 0. The van der Waals surface area contributed by atoms with Crippen molar-refractivity contribution in [1.82, 2.24) is 5.32 Å². The molecule has 0 aliphatic carbocycles. The molecular formula is C11H10F6N3O3-. The Bertz CT molecular complexity index is 559. The Labute approximate surface area is 125 Å². The van der Waals surface area contributed by atoms with E-state index in [9.17, 15) is 36.3 Å². The smallest absolute Gasteiger partial charge is 0.420 e. The van der Waals surface area contributed by atoms with Gasteiger partial charge in [0.25, 0.3) is 0 Å². The van der Waals surface area contributed by atoms with Crippen molar-refractivity contribution in [3.63, 3.8) is 0 Å². The molecule has 1 rings (SSSR count). The van der Waals surface area contributed by atoms with Crippen molar-refractivity contribution in [2.75, 3.05) is 10.5 Å². The van der Waals surface area contributed by atoms with Gasteiger partial charge in [-0.1, -0.05) is 6.07 Å². The summed E-state index contributed by atoms with van der Waals surface area (Å²) in [5.74, 6) is 0. The van der Waals surface area contributed by atoms with Crippen LogP contribution in [0.25, 0.3) is 0 Å². The van der Waals surface area contributed by atoms with Crippen LogP contribution in [-0.4, -0.2) is 29.1 Å². The van der Waals surface area contributed by atoms with E-state index in [1.807, 2.05) is 0 Å². The largest absolute Gasteiger partial charge is 0.733 e. The summed E-state index contributed by atoms with van der Waals surface area (Å²) >= 11 is 0. The number of benzene rings is 1. The van der Waals surface area contributed by atoms with Gasteiger partial charge in [-0.15, -0.1) is 0 Å². The molecule has 0 fully saturated rings. The van der Waals surface area contributed by atoms with Gasteiger partial charge in [0.2, 0.25) is 5.54 Å². The fourth-order valence-electron chi connectivity index (χ4n) is 1.39. The highest BCUT2D eigenvalue weighted by Crippen LogP contribution is 2.42. The normalized spacial score (nSPS) is 12.7. The number of hydrogen-bond donors (Lipinski definition) is 3. The second-order valence-electron chi connectivity index (χ2n) is 4.52. The second-order valence-corrected chi connectivity index (χ2v) is 4.52. The van der Waals surface area contributed by atoms with E-state index in [0.717, 1.165) is 29.6 Å². The zero-order valence-electron chi connectivity index (χ0n) is 11.3. The quantitative estimate of drug-likeness (QED) is 0.578. The molecule has 2 amide bonds. The lowest BCUT2D eigenvalue weighted by atomic mass is 10.0. The monoisotopic (exact) mass is 346 g/mol. The van der Waals surface area contributed by atoms with Crippen molar-refractivity contribution < 1.29 is 36.3 Å². The van der Waals surface area contributed by atoms with Gasteiger partial charge in [-0.3, -0.25) is 5.21 Å². The molecule has 0 aliphatic heterocycles. The van der Waals surface area contributed by atoms with Crippen LogP contribution in [0.2, 0.25) is 0 Å². The van der Waals surface area contributed by atoms with Crippen molar-refractivity contribution in [2.24, 2.45) is 0 Å². The molecule has 0 heterocycles. The van der Waals surface area contributed by atoms with Crippen LogP contribution in [-0.2, 0) is 0 Å². The molecule has 0 atom stereocenters. The molecule has 130 valence electrons. The maximum atomic E-state index is 12.6. The van der Waals surface area contributed by atoms with Gasteiger partial charge >= 0.3 is 18.4 Å². The van der Waals surface area contributed by atoms with E-state index in [1.54, 1.807) is 5.32 Å². The Morgan fingerprint density at radius 1 is 1.17 bits per heavy atom. The number of anilines is 2. The molecular weight excluding hydrogens is 336 g/mol. The maximum Gasteiger partial charge on any atom is 0.420 e. The first-order valence-electron chi connectivity index (χ1n) is 5.77. The lowest BCUT2D eigenvalue weighted by Crippen LogP contribution is -2.66. The first kappa shape index (κ1) is 18.8. The summed E-state index contributed by atoms with van der Waals surface area (Å²) in [6, 6.07) is 2.36. The lowest BCUT2D eigenvalue weighted by molar-refractivity contribution is -0.297. The van der Waals surface area contributed by atoms with Crippen LogP contribution in [0.4, 0.5) is 42.5 Å². The highest BCUT2D eigenvalue weighted by molar-refractivity contribution is 5.90. The van der Waals surface area contributed by atoms with Crippen molar-refractivity contribution in [2.45, 2.75) is 24.8 Å². The van der Waals surface area contributed by atoms with E-state index in [2.05, 4.69) is 0 Å². The number of carbonyl (C=O) groups is 1. The van der Waals surface area contributed by atoms with Crippen molar-refractivity contribution in [3.05, 3.63) is 29.5 Å². The summed E-state index contributed by atoms with van der Waals surface area (Å²) in [6.07, 6.45) is -11.6. The molecule has 0 aliphatic rings. The van der Waals surface area contributed by atoms with Crippen molar-refractivity contribution >= 4 is 17.4 Å². The van der Waals surface area contributed by atoms with E-state index in [-0.39, 0.29) is 12.6 Å². The third-order valence-electron chi connectivity index (χ3n) is 2.82. The Morgan fingerprint density at radius 2 is 1.70 bits per heavy atom. The molecule has 0 saturated heterocycles. The third-order valence-corrected chi connectivity index (χ3v) is 2.82. The molecule has 0 unspecified atom stereocenters. The SMILES string of the molecule is CC(NC(=O)Nc1cccc(N([O-])O)c1)(C(F)(F)F)C(F)(F)F. The number of carbonyl (C=O) groups excluding carboxylic acids is 1. The van der Waals surface area contributed by atoms with Gasteiger partial charge in [-0.05, 0) is 25.1 Å². The average Bonchev–Trinajstić information content (AvgIpc) is 2.35.